The molecule has 0 aliphatic rings. The molecule has 11 heteroatoms. The van der Waals surface area contributed by atoms with E-state index in [1.54, 1.807) is 47.0 Å². The van der Waals surface area contributed by atoms with Gasteiger partial charge >= 0.3 is 0 Å². The largest absolute Gasteiger partial charge is 0.495 e. The van der Waals surface area contributed by atoms with Crippen molar-refractivity contribution in [3.05, 3.63) is 108 Å². The Balaban J connectivity index is 1.25. The maximum Gasteiger partial charge on any atom is 0.251 e. The number of hydrogen-bond acceptors (Lipinski definition) is 7. The van der Waals surface area contributed by atoms with Crippen LogP contribution in [0.4, 0.5) is 16.0 Å². The van der Waals surface area contributed by atoms with Crippen molar-refractivity contribution in [2.75, 3.05) is 39.6 Å². The average Bonchev–Trinajstić information content (AvgIpc) is 3.42. The Morgan fingerprint density at radius 3 is 2.30 bits per heavy atom. The molecule has 0 atom stereocenters. The van der Waals surface area contributed by atoms with Crippen LogP contribution < -0.4 is 20.7 Å². The summed E-state index contributed by atoms with van der Waals surface area (Å²) < 4.78 is 20.3. The number of methoxy groups -OCH3 is 1. The molecule has 0 fully saturated rings. The van der Waals surface area contributed by atoms with E-state index in [-0.39, 0.29) is 17.6 Å². The van der Waals surface area contributed by atoms with E-state index in [0.717, 1.165) is 23.2 Å². The second-order valence-electron chi connectivity index (χ2n) is 10.1. The molecule has 0 spiro atoms. The number of aromatic nitrogens is 3. The molecule has 3 N–H and O–H groups in total. The lowest BCUT2D eigenvalue weighted by Gasteiger charge is -2.12. The minimum atomic E-state index is -0.314. The molecule has 0 saturated heterocycles. The van der Waals surface area contributed by atoms with Crippen molar-refractivity contribution in [3.8, 4) is 16.9 Å². The topological polar surface area (TPSA) is 113 Å². The minimum absolute atomic E-state index is 0.177. The van der Waals surface area contributed by atoms with Gasteiger partial charge in [0, 0.05) is 42.5 Å². The van der Waals surface area contributed by atoms with Gasteiger partial charge in [-0.1, -0.05) is 24.3 Å². The molecular weight excluding hydrogens is 549 g/mol. The maximum absolute atomic E-state index is 13.1. The van der Waals surface area contributed by atoms with E-state index in [9.17, 15) is 14.0 Å². The van der Waals surface area contributed by atoms with Crippen molar-refractivity contribution in [3.63, 3.8) is 0 Å². The first-order valence-corrected chi connectivity index (χ1v) is 13.7. The van der Waals surface area contributed by atoms with E-state index in [1.807, 2.05) is 49.5 Å². The summed E-state index contributed by atoms with van der Waals surface area (Å²) in [6, 6.07) is 22.2. The lowest BCUT2D eigenvalue weighted by atomic mass is 10.1. The van der Waals surface area contributed by atoms with E-state index in [0.29, 0.717) is 47.2 Å². The molecule has 2 aromatic heterocycles. The van der Waals surface area contributed by atoms with Crippen molar-refractivity contribution < 1.29 is 18.7 Å². The summed E-state index contributed by atoms with van der Waals surface area (Å²) in [7, 11) is 5.44. The third-order valence-electron chi connectivity index (χ3n) is 6.73. The molecule has 0 aliphatic carbocycles. The number of ether oxygens (including phenoxy) is 1. The molecule has 0 bridgehead atoms. The van der Waals surface area contributed by atoms with Gasteiger partial charge in [0.2, 0.25) is 5.95 Å². The third-order valence-corrected chi connectivity index (χ3v) is 6.73. The van der Waals surface area contributed by atoms with Crippen LogP contribution in [0.2, 0.25) is 0 Å². The van der Waals surface area contributed by atoms with Crippen LogP contribution >= 0.6 is 0 Å². The fraction of sp³-hybridized carbons (Fsp3) is 0.188. The summed E-state index contributed by atoms with van der Waals surface area (Å²) in [5.74, 6) is 0.148. The fourth-order valence-corrected chi connectivity index (χ4v) is 4.36. The van der Waals surface area contributed by atoms with Gasteiger partial charge in [0.1, 0.15) is 11.6 Å². The number of hydrogen-bond donors (Lipinski definition) is 3. The van der Waals surface area contributed by atoms with Gasteiger partial charge in [-0.3, -0.25) is 9.59 Å². The number of amides is 2. The van der Waals surface area contributed by atoms with Gasteiger partial charge in [0.25, 0.3) is 11.8 Å². The van der Waals surface area contributed by atoms with Crippen LogP contribution in [-0.2, 0) is 6.54 Å². The molecule has 5 aromatic rings. The molecule has 3 aromatic carbocycles. The van der Waals surface area contributed by atoms with Crippen LogP contribution in [0.3, 0.4) is 0 Å². The predicted octanol–water partition coefficient (Wildman–Crippen LogP) is 4.51. The standard InChI is InChI=1S/C32H32FN7O3/c1-39(2)17-16-34-31(42)24-10-14-27(28(18-24)43-3)36-32-37-29-15-11-25(20-40(29)38-32)22-6-8-23(9-7-22)30(41)35-19-21-4-12-26(33)13-5-21/h4-15,18,20H,16-17,19H2,1-3H3,(H,34,42)(H,35,41)(H,36,38). The highest BCUT2D eigenvalue weighted by atomic mass is 19.1. The Bertz CT molecular complexity index is 1740. The van der Waals surface area contributed by atoms with Gasteiger partial charge in [-0.15, -0.1) is 5.10 Å². The van der Waals surface area contributed by atoms with Gasteiger partial charge in [0.05, 0.1) is 12.8 Å². The number of nitrogens with zero attached hydrogens (tertiary/aromatic N) is 4. The monoisotopic (exact) mass is 581 g/mol. The number of benzene rings is 3. The highest BCUT2D eigenvalue weighted by Crippen LogP contribution is 2.28. The Morgan fingerprint density at radius 2 is 1.58 bits per heavy atom. The Kier molecular flexibility index (Phi) is 8.92. The molecular formula is C32H32FN7O3. The van der Waals surface area contributed by atoms with Crippen LogP contribution in [0.1, 0.15) is 26.3 Å². The van der Waals surface area contributed by atoms with Crippen molar-refractivity contribution in [2.45, 2.75) is 6.54 Å². The van der Waals surface area contributed by atoms with Gasteiger partial charge in [-0.25, -0.2) is 8.91 Å². The number of likely N-dealkylation sites (N-methyl/N-ethyl adjacent to an activating group) is 1. The zero-order chi connectivity index (χ0) is 30.3. The summed E-state index contributed by atoms with van der Waals surface area (Å²) >= 11 is 0. The van der Waals surface area contributed by atoms with Crippen molar-refractivity contribution >= 4 is 29.1 Å². The lowest BCUT2D eigenvalue weighted by molar-refractivity contribution is 0.0942. The first kappa shape index (κ1) is 29.2. The maximum atomic E-state index is 13.1. The smallest absolute Gasteiger partial charge is 0.251 e. The second kappa shape index (κ2) is 13.1. The number of fused-ring (bicyclic) bond motifs is 1. The lowest BCUT2D eigenvalue weighted by Crippen LogP contribution is -2.31. The van der Waals surface area contributed by atoms with Crippen LogP contribution in [0.15, 0.2) is 85.1 Å². The average molecular weight is 582 g/mol. The summed E-state index contributed by atoms with van der Waals surface area (Å²) in [5.41, 5.74) is 4.88. The first-order valence-electron chi connectivity index (χ1n) is 13.7. The molecule has 43 heavy (non-hydrogen) atoms. The number of pyridine rings is 1. The number of carbonyl (C=O) groups excluding carboxylic acids is 2. The van der Waals surface area contributed by atoms with Crippen molar-refractivity contribution in [1.29, 1.82) is 0 Å². The first-order chi connectivity index (χ1) is 20.8. The summed E-state index contributed by atoms with van der Waals surface area (Å²) in [4.78, 5) is 31.6. The zero-order valence-corrected chi connectivity index (χ0v) is 24.1. The Morgan fingerprint density at radius 1 is 0.884 bits per heavy atom. The Hall–Kier alpha value is -5.29. The van der Waals surface area contributed by atoms with Gasteiger partial charge in [0.15, 0.2) is 5.65 Å². The number of anilines is 2. The molecule has 0 unspecified atom stereocenters. The third kappa shape index (κ3) is 7.32. The van der Waals surface area contributed by atoms with Crippen molar-refractivity contribution in [2.24, 2.45) is 0 Å². The van der Waals surface area contributed by atoms with E-state index >= 15 is 0 Å². The van der Waals surface area contributed by atoms with Gasteiger partial charge in [-0.2, -0.15) is 4.98 Å². The number of nitrogens with one attached hydrogen (secondary N) is 3. The molecule has 2 heterocycles. The van der Waals surface area contributed by atoms with E-state index in [1.165, 1.54) is 19.2 Å². The molecule has 0 saturated carbocycles. The van der Waals surface area contributed by atoms with E-state index < -0.39 is 0 Å². The molecule has 0 aliphatic heterocycles. The fourth-order valence-electron chi connectivity index (χ4n) is 4.36. The minimum Gasteiger partial charge on any atom is -0.495 e. The summed E-state index contributed by atoms with van der Waals surface area (Å²) in [5, 5.41) is 13.5. The molecule has 10 nitrogen and oxygen atoms in total. The summed E-state index contributed by atoms with van der Waals surface area (Å²) in [6.45, 7) is 1.59. The number of carbonyl (C=O) groups is 2. The van der Waals surface area contributed by atoms with Crippen LogP contribution in [0.25, 0.3) is 16.8 Å². The van der Waals surface area contributed by atoms with Gasteiger partial charge in [-0.05, 0) is 79.8 Å². The zero-order valence-electron chi connectivity index (χ0n) is 24.1. The number of halogens is 1. The predicted molar refractivity (Wildman–Crippen MR) is 163 cm³/mol. The molecule has 5 rings (SSSR count). The molecule has 2 amide bonds. The van der Waals surface area contributed by atoms with E-state index in [2.05, 4.69) is 26.0 Å². The molecule has 0 radical (unpaired) electrons. The normalized spacial score (nSPS) is 11.0. The SMILES string of the molecule is COc1cc(C(=O)NCCN(C)C)ccc1Nc1nc2ccc(-c3ccc(C(=O)NCc4ccc(F)cc4)cc3)cn2n1. The number of rotatable bonds is 11. The highest BCUT2D eigenvalue weighted by Gasteiger charge is 2.13. The van der Waals surface area contributed by atoms with Crippen molar-refractivity contribution in [1.82, 2.24) is 30.1 Å². The van der Waals surface area contributed by atoms with Crippen LogP contribution in [-0.4, -0.2) is 65.6 Å². The Labute approximate surface area is 248 Å². The van der Waals surface area contributed by atoms with Gasteiger partial charge < -0.3 is 25.6 Å². The molecule has 220 valence electrons. The second-order valence-corrected chi connectivity index (χ2v) is 10.1. The van der Waals surface area contributed by atoms with E-state index in [4.69, 9.17) is 4.74 Å². The summed E-state index contributed by atoms with van der Waals surface area (Å²) in [6.07, 6.45) is 1.86. The van der Waals surface area contributed by atoms with Crippen LogP contribution in [0.5, 0.6) is 5.75 Å². The quantitative estimate of drug-likeness (QED) is 0.210. The van der Waals surface area contributed by atoms with Crippen LogP contribution in [0, 0.1) is 5.82 Å². The highest BCUT2D eigenvalue weighted by molar-refractivity contribution is 5.95.